The quantitative estimate of drug-likeness (QED) is 0.524. The number of aromatic nitrogens is 2. The predicted molar refractivity (Wildman–Crippen MR) is 36.2 cm³/mol. The van der Waals surface area contributed by atoms with Crippen LogP contribution in [0.1, 0.15) is 5.69 Å². The minimum absolute atomic E-state index is 0.911. The summed E-state index contributed by atoms with van der Waals surface area (Å²) in [5.41, 5.74) is 0.911. The molecule has 0 atom stereocenters. The fourth-order valence-corrected chi connectivity index (χ4v) is 0.756. The summed E-state index contributed by atoms with van der Waals surface area (Å²) in [4.78, 5) is 4.66. The monoisotopic (exact) mass is 135 g/mol. The van der Waals surface area contributed by atoms with Gasteiger partial charge in [0.05, 0.1) is 24.3 Å². The first-order chi connectivity index (χ1) is 4.97. The van der Waals surface area contributed by atoms with Crippen LogP contribution >= 0.6 is 0 Å². The molecular formula is C6H5N3O. The summed E-state index contributed by atoms with van der Waals surface area (Å²) in [6.45, 7) is 0. The Morgan fingerprint density at radius 1 is 1.50 bits per heavy atom. The van der Waals surface area contributed by atoms with Gasteiger partial charge in [-0.2, -0.15) is 5.10 Å². The van der Waals surface area contributed by atoms with Crippen LogP contribution in [0.3, 0.4) is 0 Å². The van der Waals surface area contributed by atoms with Gasteiger partial charge in [0.1, 0.15) is 6.26 Å². The Kier molecular flexibility index (Phi) is 1.04. The highest BCUT2D eigenvalue weighted by Crippen LogP contribution is 1.99. The third kappa shape index (κ3) is 0.699. The van der Waals surface area contributed by atoms with Crippen molar-refractivity contribution in [2.75, 3.05) is 0 Å². The molecule has 0 spiro atoms. The van der Waals surface area contributed by atoms with Crippen molar-refractivity contribution >= 4 is 12.4 Å². The predicted octanol–water partition coefficient (Wildman–Crippen LogP) is 0.675. The molecule has 0 radical (unpaired) electrons. The highest BCUT2D eigenvalue weighted by atomic mass is 16.6. The lowest BCUT2D eigenvalue weighted by molar-refractivity contribution is 0.273. The molecule has 10 heavy (non-hydrogen) atoms. The zero-order chi connectivity index (χ0) is 6.81. The summed E-state index contributed by atoms with van der Waals surface area (Å²) in [5.74, 6) is 0. The molecule has 0 aliphatic carbocycles. The van der Waals surface area contributed by atoms with Crippen LogP contribution in [-0.2, 0) is 4.84 Å². The molecule has 0 N–H and O–H groups in total. The Morgan fingerprint density at radius 3 is 3.50 bits per heavy atom. The van der Waals surface area contributed by atoms with Gasteiger partial charge in [0.15, 0.2) is 0 Å². The van der Waals surface area contributed by atoms with Crippen LogP contribution in [-0.4, -0.2) is 16.0 Å². The van der Waals surface area contributed by atoms with E-state index in [1.165, 1.54) is 6.26 Å². The van der Waals surface area contributed by atoms with Gasteiger partial charge < -0.3 is 4.84 Å². The molecule has 2 rings (SSSR count). The van der Waals surface area contributed by atoms with Crippen molar-refractivity contribution in [1.29, 1.82) is 0 Å². The molecule has 1 aromatic rings. The summed E-state index contributed by atoms with van der Waals surface area (Å²) in [6.07, 6.45) is 6.48. The van der Waals surface area contributed by atoms with Gasteiger partial charge in [0.25, 0.3) is 0 Å². The minimum atomic E-state index is 0.911. The van der Waals surface area contributed by atoms with Crippen molar-refractivity contribution in [2.45, 2.75) is 0 Å². The Morgan fingerprint density at radius 2 is 2.50 bits per heavy atom. The highest BCUT2D eigenvalue weighted by Gasteiger charge is 1.97. The third-order valence-electron chi connectivity index (χ3n) is 1.21. The van der Waals surface area contributed by atoms with Crippen LogP contribution < -0.4 is 0 Å². The van der Waals surface area contributed by atoms with Crippen LogP contribution in [0.2, 0.25) is 0 Å². The van der Waals surface area contributed by atoms with Gasteiger partial charge in [0.2, 0.25) is 0 Å². The van der Waals surface area contributed by atoms with Crippen LogP contribution in [0.15, 0.2) is 23.7 Å². The van der Waals surface area contributed by atoms with Gasteiger partial charge in [-0.15, -0.1) is 0 Å². The fraction of sp³-hybridized carbons (Fsp3) is 0. The number of nitrogens with zero attached hydrogens (tertiary/aromatic N) is 3. The first kappa shape index (κ1) is 5.22. The summed E-state index contributed by atoms with van der Waals surface area (Å²) in [5, 5.41) is 7.59. The molecule has 50 valence electrons. The van der Waals surface area contributed by atoms with E-state index in [4.69, 9.17) is 0 Å². The lowest BCUT2D eigenvalue weighted by Gasteiger charge is -1.88. The third-order valence-corrected chi connectivity index (χ3v) is 1.21. The normalized spacial score (nSPS) is 14.0. The van der Waals surface area contributed by atoms with Crippen molar-refractivity contribution in [3.63, 3.8) is 0 Å². The summed E-state index contributed by atoms with van der Waals surface area (Å²) < 4.78 is 1.68. The molecule has 0 fully saturated rings. The fourth-order valence-electron chi connectivity index (χ4n) is 0.756. The van der Waals surface area contributed by atoms with E-state index in [9.17, 15) is 0 Å². The van der Waals surface area contributed by atoms with E-state index in [2.05, 4.69) is 15.1 Å². The first-order valence-electron chi connectivity index (χ1n) is 2.86. The van der Waals surface area contributed by atoms with E-state index in [1.807, 2.05) is 6.07 Å². The molecule has 0 amide bonds. The highest BCUT2D eigenvalue weighted by molar-refractivity contribution is 5.77. The zero-order valence-corrected chi connectivity index (χ0v) is 5.14. The number of hydrogen-bond acceptors (Lipinski definition) is 3. The summed E-state index contributed by atoms with van der Waals surface area (Å²) >= 11 is 0. The molecule has 1 aliphatic heterocycles. The molecule has 0 saturated carbocycles. The van der Waals surface area contributed by atoms with Crippen molar-refractivity contribution in [3.8, 4) is 0 Å². The van der Waals surface area contributed by atoms with E-state index in [0.29, 0.717) is 0 Å². The molecule has 0 unspecified atom stereocenters. The molecule has 1 aliphatic rings. The average molecular weight is 135 g/mol. The second-order valence-electron chi connectivity index (χ2n) is 1.83. The first-order valence-corrected chi connectivity index (χ1v) is 2.86. The molecule has 4 heteroatoms. The van der Waals surface area contributed by atoms with Crippen molar-refractivity contribution in [3.05, 3.63) is 24.2 Å². The van der Waals surface area contributed by atoms with Gasteiger partial charge in [-0.3, -0.25) is 0 Å². The lowest BCUT2D eigenvalue weighted by Crippen LogP contribution is -1.92. The molecule has 4 nitrogen and oxygen atoms in total. The van der Waals surface area contributed by atoms with E-state index in [0.717, 1.165) is 5.69 Å². The van der Waals surface area contributed by atoms with E-state index in [1.54, 1.807) is 23.3 Å². The Hall–Kier alpha value is -1.58. The SMILES string of the molecule is C1=Cn2nccc2C=NO1. The van der Waals surface area contributed by atoms with Gasteiger partial charge in [0, 0.05) is 0 Å². The Balaban J connectivity index is 2.56. The average Bonchev–Trinajstić information content (AvgIpc) is 2.28. The maximum absolute atomic E-state index is 4.66. The second-order valence-corrected chi connectivity index (χ2v) is 1.83. The standard InChI is InChI=1S/C6H5N3O/c1-2-7-9-3-4-10-8-5-6(1)9/h1-5H. The number of fused-ring (bicyclic) bond motifs is 1. The molecule has 2 heterocycles. The van der Waals surface area contributed by atoms with Crippen molar-refractivity contribution in [1.82, 2.24) is 9.78 Å². The molecule has 0 aromatic carbocycles. The largest absolute Gasteiger partial charge is 0.363 e. The van der Waals surface area contributed by atoms with Gasteiger partial charge in [-0.05, 0) is 6.07 Å². The van der Waals surface area contributed by atoms with E-state index in [-0.39, 0.29) is 0 Å². The molecule has 0 saturated heterocycles. The van der Waals surface area contributed by atoms with Crippen LogP contribution in [0.4, 0.5) is 0 Å². The Bertz CT molecular complexity index is 260. The summed E-state index contributed by atoms with van der Waals surface area (Å²) in [6, 6.07) is 1.85. The minimum Gasteiger partial charge on any atom is -0.363 e. The van der Waals surface area contributed by atoms with E-state index >= 15 is 0 Å². The number of hydrogen-bond donors (Lipinski definition) is 0. The molecule has 1 aromatic heterocycles. The number of oxime groups is 1. The maximum Gasteiger partial charge on any atom is 0.140 e. The maximum atomic E-state index is 4.66. The van der Waals surface area contributed by atoms with Gasteiger partial charge >= 0.3 is 0 Å². The van der Waals surface area contributed by atoms with Gasteiger partial charge in [-0.25, -0.2) is 4.68 Å². The van der Waals surface area contributed by atoms with Crippen LogP contribution in [0, 0.1) is 0 Å². The summed E-state index contributed by atoms with van der Waals surface area (Å²) in [7, 11) is 0. The van der Waals surface area contributed by atoms with Crippen LogP contribution in [0.25, 0.3) is 6.20 Å². The smallest absolute Gasteiger partial charge is 0.140 e. The zero-order valence-electron chi connectivity index (χ0n) is 5.14. The van der Waals surface area contributed by atoms with Crippen molar-refractivity contribution < 1.29 is 4.84 Å². The van der Waals surface area contributed by atoms with Crippen LogP contribution in [0.5, 0.6) is 0 Å². The lowest BCUT2D eigenvalue weighted by atomic mass is 10.5. The molecular weight excluding hydrogens is 130 g/mol. The second kappa shape index (κ2) is 1.98. The topological polar surface area (TPSA) is 39.4 Å². The van der Waals surface area contributed by atoms with E-state index < -0.39 is 0 Å². The van der Waals surface area contributed by atoms with Gasteiger partial charge in [-0.1, -0.05) is 5.16 Å². The molecule has 0 bridgehead atoms. The Labute approximate surface area is 57.4 Å². The number of rotatable bonds is 0. The van der Waals surface area contributed by atoms with Crippen molar-refractivity contribution in [2.24, 2.45) is 5.16 Å².